The van der Waals surface area contributed by atoms with E-state index in [4.69, 9.17) is 5.73 Å². The van der Waals surface area contributed by atoms with E-state index in [2.05, 4.69) is 64.5 Å². The number of rotatable bonds is 3. The second-order valence-electron chi connectivity index (χ2n) is 5.77. The number of fused-ring (bicyclic) bond motifs is 1. The summed E-state index contributed by atoms with van der Waals surface area (Å²) >= 11 is 5.36. The fraction of sp³-hybridized carbons (Fsp3) is 0.222. The summed E-state index contributed by atoms with van der Waals surface area (Å²) in [6.45, 7) is 0. The lowest BCUT2D eigenvalue weighted by Gasteiger charge is -2.06. The van der Waals surface area contributed by atoms with E-state index in [0.29, 0.717) is 5.92 Å². The molecule has 1 heterocycles. The van der Waals surface area contributed by atoms with Gasteiger partial charge < -0.3 is 5.73 Å². The molecule has 0 saturated heterocycles. The van der Waals surface area contributed by atoms with Crippen molar-refractivity contribution in [3.63, 3.8) is 0 Å². The van der Waals surface area contributed by atoms with Crippen LogP contribution in [-0.4, -0.2) is 0 Å². The van der Waals surface area contributed by atoms with Crippen molar-refractivity contribution in [2.45, 2.75) is 18.9 Å². The summed E-state index contributed by atoms with van der Waals surface area (Å²) < 4.78 is 1.12. The maximum absolute atomic E-state index is 6.30. The van der Waals surface area contributed by atoms with Crippen molar-refractivity contribution < 1.29 is 0 Å². The monoisotopic (exact) mass is 357 g/mol. The molecule has 2 aromatic carbocycles. The first-order valence-corrected chi connectivity index (χ1v) is 8.87. The Labute approximate surface area is 136 Å². The molecule has 3 aromatic rings. The van der Waals surface area contributed by atoms with Crippen molar-refractivity contribution >= 4 is 38.0 Å². The van der Waals surface area contributed by atoms with Crippen LogP contribution in [0.3, 0.4) is 0 Å². The molecule has 1 aliphatic rings. The number of hydrogen-bond donors (Lipinski definition) is 1. The Bertz CT molecular complexity index is 804. The summed E-state index contributed by atoms with van der Waals surface area (Å²) in [4.78, 5) is 2.63. The van der Waals surface area contributed by atoms with Crippen LogP contribution in [0.1, 0.15) is 23.8 Å². The minimum atomic E-state index is 0.236. The van der Waals surface area contributed by atoms with Gasteiger partial charge in [-0.15, -0.1) is 11.3 Å². The number of thiophene rings is 1. The molecule has 106 valence electrons. The van der Waals surface area contributed by atoms with Crippen molar-refractivity contribution in [2.24, 2.45) is 11.7 Å². The van der Waals surface area contributed by atoms with Crippen molar-refractivity contribution in [3.8, 4) is 10.4 Å². The third kappa shape index (κ3) is 2.66. The van der Waals surface area contributed by atoms with Crippen LogP contribution in [0, 0.1) is 5.92 Å². The van der Waals surface area contributed by atoms with Crippen LogP contribution < -0.4 is 5.73 Å². The molecule has 1 saturated carbocycles. The van der Waals surface area contributed by atoms with Crippen LogP contribution in [0.25, 0.3) is 21.2 Å². The highest BCUT2D eigenvalue weighted by atomic mass is 79.9. The molecule has 1 unspecified atom stereocenters. The second kappa shape index (κ2) is 5.24. The Kier molecular flexibility index (Phi) is 3.37. The van der Waals surface area contributed by atoms with Gasteiger partial charge in [0.25, 0.3) is 0 Å². The molecule has 0 amide bonds. The molecule has 0 aliphatic heterocycles. The van der Waals surface area contributed by atoms with Gasteiger partial charge >= 0.3 is 0 Å². The predicted octanol–water partition coefficient (Wildman–Crippen LogP) is 5.74. The van der Waals surface area contributed by atoms with Crippen LogP contribution in [0.5, 0.6) is 0 Å². The first-order valence-electron chi connectivity index (χ1n) is 7.26. The van der Waals surface area contributed by atoms with E-state index < -0.39 is 0 Å². The summed E-state index contributed by atoms with van der Waals surface area (Å²) in [5.74, 6) is 0.713. The van der Waals surface area contributed by atoms with Gasteiger partial charge in [0, 0.05) is 20.3 Å². The summed E-state index contributed by atoms with van der Waals surface area (Å²) in [5, 5.41) is 2.54. The summed E-state index contributed by atoms with van der Waals surface area (Å²) in [6.07, 6.45) is 2.58. The van der Waals surface area contributed by atoms with E-state index in [1.807, 2.05) is 11.3 Å². The topological polar surface area (TPSA) is 26.0 Å². The van der Waals surface area contributed by atoms with Crippen LogP contribution in [0.2, 0.25) is 0 Å². The molecular formula is C18H16BrNS. The van der Waals surface area contributed by atoms with Gasteiger partial charge in [0.05, 0.1) is 0 Å². The third-order valence-electron chi connectivity index (χ3n) is 4.17. The summed E-state index contributed by atoms with van der Waals surface area (Å²) in [7, 11) is 0. The zero-order chi connectivity index (χ0) is 14.4. The zero-order valence-electron chi connectivity index (χ0n) is 11.6. The maximum Gasteiger partial charge on any atom is 0.0418 e. The molecule has 1 fully saturated rings. The van der Waals surface area contributed by atoms with Crippen LogP contribution >= 0.6 is 27.3 Å². The molecule has 0 radical (unpaired) electrons. The van der Waals surface area contributed by atoms with E-state index in [1.165, 1.54) is 38.9 Å². The van der Waals surface area contributed by atoms with Crippen molar-refractivity contribution in [2.75, 3.05) is 0 Å². The number of benzene rings is 2. The van der Waals surface area contributed by atoms with Crippen molar-refractivity contribution in [1.82, 2.24) is 0 Å². The van der Waals surface area contributed by atoms with Crippen LogP contribution in [-0.2, 0) is 0 Å². The quantitative estimate of drug-likeness (QED) is 0.635. The average Bonchev–Trinajstić information content (AvgIpc) is 3.23. The number of hydrogen-bond acceptors (Lipinski definition) is 2. The van der Waals surface area contributed by atoms with Gasteiger partial charge in [0.2, 0.25) is 0 Å². The van der Waals surface area contributed by atoms with E-state index in [9.17, 15) is 0 Å². The number of nitrogens with two attached hydrogens (primary N) is 1. The second-order valence-corrected chi connectivity index (χ2v) is 7.80. The highest BCUT2D eigenvalue weighted by Gasteiger charge is 2.30. The minimum absolute atomic E-state index is 0.236. The normalized spacial score (nSPS) is 16.3. The SMILES string of the molecule is NC(c1ccc(-c2ccc3cc(Br)ccc3c2)s1)C1CC1. The van der Waals surface area contributed by atoms with Gasteiger partial charge in [-0.1, -0.05) is 34.1 Å². The highest BCUT2D eigenvalue weighted by molar-refractivity contribution is 9.10. The Morgan fingerprint density at radius 3 is 2.57 bits per heavy atom. The van der Waals surface area contributed by atoms with E-state index in [-0.39, 0.29) is 6.04 Å². The fourth-order valence-corrected chi connectivity index (χ4v) is 4.22. The molecule has 1 aromatic heterocycles. The lowest BCUT2D eigenvalue weighted by molar-refractivity contribution is 0.645. The first kappa shape index (κ1) is 13.5. The molecule has 1 atom stereocenters. The Hall–Kier alpha value is -1.16. The van der Waals surface area contributed by atoms with Gasteiger partial charge in [-0.25, -0.2) is 0 Å². The minimum Gasteiger partial charge on any atom is -0.323 e. The molecule has 3 heteroatoms. The van der Waals surface area contributed by atoms with E-state index in [0.717, 1.165) is 4.47 Å². The smallest absolute Gasteiger partial charge is 0.0418 e. The molecule has 1 aliphatic carbocycles. The van der Waals surface area contributed by atoms with E-state index >= 15 is 0 Å². The van der Waals surface area contributed by atoms with Gasteiger partial charge in [-0.3, -0.25) is 0 Å². The Morgan fingerprint density at radius 1 is 1.00 bits per heavy atom. The van der Waals surface area contributed by atoms with Crippen molar-refractivity contribution in [1.29, 1.82) is 0 Å². The standard InChI is InChI=1S/C18H16BrNS/c19-15-6-5-12-9-14(4-3-13(12)10-15)16-7-8-17(21-16)18(20)11-1-2-11/h3-11,18H,1-2,20H2. The molecule has 21 heavy (non-hydrogen) atoms. The predicted molar refractivity (Wildman–Crippen MR) is 94.6 cm³/mol. The Morgan fingerprint density at radius 2 is 1.76 bits per heavy atom. The maximum atomic E-state index is 6.30. The first-order chi connectivity index (χ1) is 10.2. The number of halogens is 1. The van der Waals surface area contributed by atoms with Crippen molar-refractivity contribution in [3.05, 3.63) is 57.9 Å². The molecular weight excluding hydrogens is 342 g/mol. The van der Waals surface area contributed by atoms with Gasteiger partial charge in [0.15, 0.2) is 0 Å². The fourth-order valence-electron chi connectivity index (χ4n) is 2.74. The summed E-state index contributed by atoms with van der Waals surface area (Å²) in [5.41, 5.74) is 7.59. The Balaban J connectivity index is 1.70. The molecule has 0 bridgehead atoms. The van der Waals surface area contributed by atoms with Crippen LogP contribution in [0.15, 0.2) is 53.0 Å². The summed E-state index contributed by atoms with van der Waals surface area (Å²) in [6, 6.07) is 17.7. The van der Waals surface area contributed by atoms with Crippen LogP contribution in [0.4, 0.5) is 0 Å². The largest absolute Gasteiger partial charge is 0.323 e. The molecule has 2 N–H and O–H groups in total. The zero-order valence-corrected chi connectivity index (χ0v) is 14.0. The van der Waals surface area contributed by atoms with Gasteiger partial charge in [-0.05, 0) is 65.4 Å². The molecule has 4 rings (SSSR count). The van der Waals surface area contributed by atoms with Gasteiger partial charge in [0.1, 0.15) is 0 Å². The van der Waals surface area contributed by atoms with Gasteiger partial charge in [-0.2, -0.15) is 0 Å². The molecule has 1 nitrogen and oxygen atoms in total. The third-order valence-corrected chi connectivity index (χ3v) is 5.90. The highest BCUT2D eigenvalue weighted by Crippen LogP contribution is 2.43. The van der Waals surface area contributed by atoms with E-state index in [1.54, 1.807) is 0 Å². The lowest BCUT2D eigenvalue weighted by Crippen LogP contribution is -2.10. The lowest BCUT2D eigenvalue weighted by atomic mass is 10.1. The average molecular weight is 358 g/mol. The molecule has 0 spiro atoms.